The molecule has 2 saturated heterocycles. The van der Waals surface area contributed by atoms with Crippen molar-refractivity contribution in [2.24, 2.45) is 50.2 Å². The van der Waals surface area contributed by atoms with E-state index >= 15 is 0 Å². The molecule has 0 amide bonds. The Bertz CT molecular complexity index is 1530. The first-order valence-electron chi connectivity index (χ1n) is 20.6. The van der Waals surface area contributed by atoms with Crippen LogP contribution >= 0.6 is 0 Å². The number of hydrogen-bond acceptors (Lipinski definition) is 12. The van der Waals surface area contributed by atoms with Crippen LogP contribution in [0, 0.1) is 50.2 Å². The molecule has 2 aliphatic heterocycles. The van der Waals surface area contributed by atoms with Crippen molar-refractivity contribution in [1.82, 2.24) is 0 Å². The van der Waals surface area contributed by atoms with E-state index in [1.165, 1.54) is 5.57 Å². The standard InChI is InChI=1S/C42H66O13/c1-37(2)15-17-42(36(49)50)18-16-40(6)21(22(42)19-37)9-10-25-39(5)13-12-26(38(3,4)24(39)11-14-41(25,40)7)53-35-32(29(46)28(45)31(54-35)33(48)51-8)55-34-30(47)27(44)23(43)20-52-34/h9,22-32,34-35,43-47H,10-20H2,1-8H3,(H,49,50)/t22?,23-,24?,25?,26+,27+,28+,29+,30-,31+,32-,34+,35?,39+,40-,41-,42+/m1/s1. The summed E-state index contributed by atoms with van der Waals surface area (Å²) in [6, 6.07) is 0. The Kier molecular flexibility index (Phi) is 10.5. The Hall–Kier alpha value is -1.68. The summed E-state index contributed by atoms with van der Waals surface area (Å²) < 4.78 is 29.1. The Labute approximate surface area is 325 Å². The lowest BCUT2D eigenvalue weighted by Crippen LogP contribution is -2.67. The summed E-state index contributed by atoms with van der Waals surface area (Å²) >= 11 is 0. The van der Waals surface area contributed by atoms with Crippen LogP contribution < -0.4 is 0 Å². The summed E-state index contributed by atoms with van der Waals surface area (Å²) in [7, 11) is 1.15. The van der Waals surface area contributed by atoms with E-state index in [-0.39, 0.29) is 40.1 Å². The largest absolute Gasteiger partial charge is 0.481 e. The predicted molar refractivity (Wildman–Crippen MR) is 197 cm³/mol. The summed E-state index contributed by atoms with van der Waals surface area (Å²) in [6.07, 6.45) is -3.43. The highest BCUT2D eigenvalue weighted by molar-refractivity contribution is 5.77. The summed E-state index contributed by atoms with van der Waals surface area (Å²) in [4.78, 5) is 25.8. The van der Waals surface area contributed by atoms with Crippen molar-refractivity contribution < 1.29 is 63.9 Å². The van der Waals surface area contributed by atoms with Crippen LogP contribution in [0.2, 0.25) is 0 Å². The highest BCUT2D eigenvalue weighted by Gasteiger charge is 2.69. The molecule has 4 unspecified atom stereocenters. The van der Waals surface area contributed by atoms with Gasteiger partial charge in [0.25, 0.3) is 0 Å². The molecule has 0 aromatic heterocycles. The SMILES string of the molecule is COC(=O)[C@H]1OC(O[C@H]2CC[C@@]3(C)C(CC[C@]4(C)C3CC=C3C5CC(C)(C)CC[C@]5(C(=O)O)CC[C@]34C)C2(C)C)[C@H](O[C@@H]2OC[C@@H](O)[C@H](O)[C@H]2O)[C@@H](O)[C@@H]1O. The number of fused-ring (bicyclic) bond motifs is 7. The lowest BCUT2D eigenvalue weighted by Gasteiger charge is -2.71. The van der Waals surface area contributed by atoms with Crippen molar-refractivity contribution in [2.75, 3.05) is 13.7 Å². The van der Waals surface area contributed by atoms with Crippen LogP contribution in [-0.2, 0) is 33.3 Å². The van der Waals surface area contributed by atoms with Gasteiger partial charge in [-0.15, -0.1) is 0 Å². The summed E-state index contributed by atoms with van der Waals surface area (Å²) in [5, 5.41) is 63.9. The fourth-order valence-electron chi connectivity index (χ4n) is 13.5. The van der Waals surface area contributed by atoms with Gasteiger partial charge in [0.05, 0.1) is 25.2 Å². The second-order valence-corrected chi connectivity index (χ2v) is 20.4. The van der Waals surface area contributed by atoms with Crippen molar-refractivity contribution in [3.05, 3.63) is 11.6 Å². The molecule has 0 spiro atoms. The monoisotopic (exact) mass is 778 g/mol. The van der Waals surface area contributed by atoms with Crippen LogP contribution in [0.25, 0.3) is 0 Å². The fraction of sp³-hybridized carbons (Fsp3) is 0.905. The molecule has 0 aromatic carbocycles. The maximum Gasteiger partial charge on any atom is 0.337 e. The van der Waals surface area contributed by atoms with Gasteiger partial charge >= 0.3 is 11.9 Å². The molecule has 5 aliphatic carbocycles. The topological polar surface area (TPSA) is 202 Å². The van der Waals surface area contributed by atoms with Crippen LogP contribution in [0.15, 0.2) is 11.6 Å². The summed E-state index contributed by atoms with van der Waals surface area (Å²) in [6.45, 7) is 16.0. The molecule has 2 heterocycles. The van der Waals surface area contributed by atoms with Crippen LogP contribution in [0.3, 0.4) is 0 Å². The molecule has 0 bridgehead atoms. The van der Waals surface area contributed by atoms with Gasteiger partial charge in [-0.05, 0) is 109 Å². The number of carboxylic acid groups (broad SMARTS) is 1. The molecule has 17 atom stereocenters. The highest BCUT2D eigenvalue weighted by Crippen LogP contribution is 2.76. The minimum atomic E-state index is -1.75. The number of aliphatic hydroxyl groups excluding tert-OH is 5. The van der Waals surface area contributed by atoms with E-state index in [0.717, 1.165) is 58.5 Å². The number of aliphatic hydroxyl groups is 5. The van der Waals surface area contributed by atoms with Gasteiger partial charge in [-0.1, -0.05) is 60.1 Å². The highest BCUT2D eigenvalue weighted by atomic mass is 16.8. The number of aliphatic carboxylic acids is 1. The molecular formula is C42H66O13. The zero-order chi connectivity index (χ0) is 40.3. The predicted octanol–water partition coefficient (Wildman–Crippen LogP) is 3.70. The van der Waals surface area contributed by atoms with Gasteiger partial charge < -0.3 is 54.3 Å². The zero-order valence-corrected chi connectivity index (χ0v) is 33.9. The second kappa shape index (κ2) is 14.0. The van der Waals surface area contributed by atoms with E-state index in [1.54, 1.807) is 0 Å². The number of carbonyl (C=O) groups excluding carboxylic acids is 1. The number of rotatable bonds is 6. The van der Waals surface area contributed by atoms with Gasteiger partial charge in [-0.3, -0.25) is 4.79 Å². The Balaban J connectivity index is 1.16. The number of esters is 1. The zero-order valence-electron chi connectivity index (χ0n) is 33.9. The lowest BCUT2D eigenvalue weighted by molar-refractivity contribution is -0.366. The molecule has 13 nitrogen and oxygen atoms in total. The fourth-order valence-corrected chi connectivity index (χ4v) is 13.5. The molecular weight excluding hydrogens is 712 g/mol. The second-order valence-electron chi connectivity index (χ2n) is 20.4. The molecule has 13 heteroatoms. The van der Waals surface area contributed by atoms with Crippen LogP contribution in [0.4, 0.5) is 0 Å². The first-order valence-corrected chi connectivity index (χ1v) is 20.6. The van der Waals surface area contributed by atoms with Crippen LogP contribution in [0.1, 0.15) is 113 Å². The van der Waals surface area contributed by atoms with Gasteiger partial charge in [0.15, 0.2) is 18.7 Å². The number of ether oxygens (including phenoxy) is 5. The number of allylic oxidation sites excluding steroid dienone is 2. The van der Waals surface area contributed by atoms with Crippen LogP contribution in [-0.4, -0.2) is 118 Å². The minimum absolute atomic E-state index is 0.0310. The number of hydrogen-bond donors (Lipinski definition) is 6. The summed E-state index contributed by atoms with van der Waals surface area (Å²) in [5.74, 6) is -0.909. The van der Waals surface area contributed by atoms with E-state index in [9.17, 15) is 40.2 Å². The third-order valence-electron chi connectivity index (χ3n) is 17.0. The van der Waals surface area contributed by atoms with Gasteiger partial charge in [-0.2, -0.15) is 0 Å². The average Bonchev–Trinajstić information content (AvgIpc) is 3.11. The van der Waals surface area contributed by atoms with Gasteiger partial charge in [0, 0.05) is 0 Å². The van der Waals surface area contributed by atoms with E-state index in [2.05, 4.69) is 54.5 Å². The molecule has 55 heavy (non-hydrogen) atoms. The number of carbonyl (C=O) groups is 2. The Morgan fingerprint density at radius 2 is 1.47 bits per heavy atom. The van der Waals surface area contributed by atoms with Crippen molar-refractivity contribution in [3.8, 4) is 0 Å². The van der Waals surface area contributed by atoms with Crippen molar-refractivity contribution in [3.63, 3.8) is 0 Å². The van der Waals surface area contributed by atoms with Gasteiger partial charge in [0.1, 0.15) is 36.6 Å². The number of methoxy groups -OCH3 is 1. The Morgan fingerprint density at radius 3 is 2.15 bits per heavy atom. The quantitative estimate of drug-likeness (QED) is 0.130. The van der Waals surface area contributed by atoms with Crippen molar-refractivity contribution in [1.29, 1.82) is 0 Å². The van der Waals surface area contributed by atoms with E-state index < -0.39 is 84.2 Å². The number of carboxylic acids is 1. The molecule has 4 saturated carbocycles. The van der Waals surface area contributed by atoms with Gasteiger partial charge in [0.2, 0.25) is 0 Å². The third-order valence-corrected chi connectivity index (χ3v) is 17.0. The molecule has 0 radical (unpaired) electrons. The maximum atomic E-state index is 13.1. The normalized spacial score (nSPS) is 51.7. The first-order chi connectivity index (χ1) is 25.6. The average molecular weight is 779 g/mol. The van der Waals surface area contributed by atoms with E-state index in [4.69, 9.17) is 23.7 Å². The molecule has 312 valence electrons. The minimum Gasteiger partial charge on any atom is -0.481 e. The van der Waals surface area contributed by atoms with E-state index in [1.807, 2.05) is 0 Å². The third kappa shape index (κ3) is 6.19. The lowest BCUT2D eigenvalue weighted by atomic mass is 9.33. The molecule has 7 rings (SSSR count). The maximum absolute atomic E-state index is 13.1. The van der Waals surface area contributed by atoms with E-state index in [0.29, 0.717) is 18.8 Å². The molecule has 6 N–H and O–H groups in total. The molecule has 6 fully saturated rings. The van der Waals surface area contributed by atoms with Crippen molar-refractivity contribution >= 4 is 11.9 Å². The van der Waals surface area contributed by atoms with Crippen molar-refractivity contribution in [2.45, 2.75) is 174 Å². The smallest absolute Gasteiger partial charge is 0.337 e. The van der Waals surface area contributed by atoms with Gasteiger partial charge in [-0.25, -0.2) is 4.79 Å². The molecule has 0 aromatic rings. The first kappa shape index (κ1) is 41.5. The van der Waals surface area contributed by atoms with Crippen LogP contribution in [0.5, 0.6) is 0 Å². The Morgan fingerprint density at radius 1 is 0.782 bits per heavy atom. The summed E-state index contributed by atoms with van der Waals surface area (Å²) in [5.41, 5.74) is 0.153. The molecule has 7 aliphatic rings.